The van der Waals surface area contributed by atoms with Crippen LogP contribution in [0.2, 0.25) is 0 Å². The Labute approximate surface area is 68.6 Å². The third kappa shape index (κ3) is 1.74. The zero-order valence-electron chi connectivity index (χ0n) is 7.63. The van der Waals surface area contributed by atoms with Gasteiger partial charge in [-0.2, -0.15) is 0 Å². The third-order valence-electron chi connectivity index (χ3n) is 2.90. The van der Waals surface area contributed by atoms with E-state index in [4.69, 9.17) is 4.74 Å². The van der Waals surface area contributed by atoms with E-state index in [2.05, 4.69) is 0 Å². The number of methoxy groups -OCH3 is 1. The number of ether oxygens (including phenoxy) is 1. The lowest BCUT2D eigenvalue weighted by Crippen LogP contribution is -2.37. The maximum absolute atomic E-state index is 9.58. The highest BCUT2D eigenvalue weighted by atomic mass is 16.5. The summed E-state index contributed by atoms with van der Waals surface area (Å²) in [6.45, 7) is 4.10. The molecule has 11 heavy (non-hydrogen) atoms. The first-order valence-corrected chi connectivity index (χ1v) is 4.31. The number of aliphatic hydroxyl groups is 1. The van der Waals surface area contributed by atoms with Crippen molar-refractivity contribution in [2.45, 2.75) is 44.8 Å². The van der Waals surface area contributed by atoms with E-state index in [9.17, 15) is 5.11 Å². The van der Waals surface area contributed by atoms with Gasteiger partial charge in [0.05, 0.1) is 11.7 Å². The first-order chi connectivity index (χ1) is 5.08. The Morgan fingerprint density at radius 3 is 2.36 bits per heavy atom. The van der Waals surface area contributed by atoms with Crippen LogP contribution in [0.1, 0.15) is 33.1 Å². The van der Waals surface area contributed by atoms with Crippen molar-refractivity contribution in [3.63, 3.8) is 0 Å². The molecule has 0 aliphatic heterocycles. The zero-order valence-corrected chi connectivity index (χ0v) is 7.63. The van der Waals surface area contributed by atoms with Crippen LogP contribution in [0.5, 0.6) is 0 Å². The average molecular weight is 158 g/mol. The largest absolute Gasteiger partial charge is 0.393 e. The number of hydrogen-bond donors (Lipinski definition) is 1. The maximum atomic E-state index is 9.58. The van der Waals surface area contributed by atoms with Crippen molar-refractivity contribution in [1.29, 1.82) is 0 Å². The fourth-order valence-corrected chi connectivity index (χ4v) is 1.90. The van der Waals surface area contributed by atoms with Gasteiger partial charge in [0, 0.05) is 13.0 Å². The summed E-state index contributed by atoms with van der Waals surface area (Å²) in [7, 11) is 1.71. The normalized spacial score (nSPS) is 32.7. The van der Waals surface area contributed by atoms with Crippen LogP contribution < -0.4 is 0 Å². The Kier molecular flexibility index (Phi) is 2.55. The van der Waals surface area contributed by atoms with Gasteiger partial charge in [0.15, 0.2) is 0 Å². The van der Waals surface area contributed by atoms with Crippen molar-refractivity contribution < 1.29 is 9.84 Å². The van der Waals surface area contributed by atoms with E-state index in [1.807, 2.05) is 13.8 Å². The lowest BCUT2D eigenvalue weighted by atomic mass is 9.88. The molecule has 0 aromatic heterocycles. The van der Waals surface area contributed by atoms with Crippen molar-refractivity contribution in [2.75, 3.05) is 7.11 Å². The van der Waals surface area contributed by atoms with Crippen molar-refractivity contribution in [2.24, 2.45) is 5.92 Å². The molecule has 0 radical (unpaired) electrons. The number of aliphatic hydroxyl groups excluding tert-OH is 1. The van der Waals surface area contributed by atoms with Gasteiger partial charge in [0.25, 0.3) is 0 Å². The van der Waals surface area contributed by atoms with Gasteiger partial charge in [-0.1, -0.05) is 6.42 Å². The molecule has 0 aromatic carbocycles. The summed E-state index contributed by atoms with van der Waals surface area (Å²) in [5.74, 6) is 0.326. The van der Waals surface area contributed by atoms with Crippen LogP contribution in [0.25, 0.3) is 0 Å². The van der Waals surface area contributed by atoms with Gasteiger partial charge in [-0.15, -0.1) is 0 Å². The second-order valence-corrected chi connectivity index (χ2v) is 3.91. The monoisotopic (exact) mass is 158 g/mol. The molecule has 1 aliphatic carbocycles. The Bertz CT molecular complexity index is 132. The van der Waals surface area contributed by atoms with Crippen molar-refractivity contribution >= 4 is 0 Å². The smallest absolute Gasteiger partial charge is 0.0675 e. The Balaban J connectivity index is 2.58. The minimum atomic E-state index is -0.157. The van der Waals surface area contributed by atoms with E-state index in [-0.39, 0.29) is 11.7 Å². The summed E-state index contributed by atoms with van der Waals surface area (Å²) in [6, 6.07) is 0. The summed E-state index contributed by atoms with van der Waals surface area (Å²) >= 11 is 0. The Morgan fingerprint density at radius 1 is 1.36 bits per heavy atom. The minimum absolute atomic E-state index is 0.148. The van der Waals surface area contributed by atoms with E-state index in [1.54, 1.807) is 7.11 Å². The van der Waals surface area contributed by atoms with Gasteiger partial charge in [-0.05, 0) is 26.7 Å². The fraction of sp³-hybridized carbons (Fsp3) is 1.00. The highest BCUT2D eigenvalue weighted by Crippen LogP contribution is 2.35. The van der Waals surface area contributed by atoms with E-state index in [0.717, 1.165) is 19.3 Å². The van der Waals surface area contributed by atoms with E-state index in [1.165, 1.54) is 0 Å². The van der Waals surface area contributed by atoms with Crippen LogP contribution >= 0.6 is 0 Å². The molecule has 1 N–H and O–H groups in total. The van der Waals surface area contributed by atoms with Crippen molar-refractivity contribution in [1.82, 2.24) is 0 Å². The predicted octanol–water partition coefficient (Wildman–Crippen LogP) is 1.57. The number of rotatable bonds is 2. The third-order valence-corrected chi connectivity index (χ3v) is 2.90. The molecule has 0 saturated heterocycles. The first kappa shape index (κ1) is 9.01. The van der Waals surface area contributed by atoms with Gasteiger partial charge in [0.1, 0.15) is 0 Å². The molecule has 0 spiro atoms. The quantitative estimate of drug-likeness (QED) is 0.661. The van der Waals surface area contributed by atoms with Gasteiger partial charge in [-0.25, -0.2) is 0 Å². The predicted molar refractivity (Wildman–Crippen MR) is 44.4 cm³/mol. The zero-order chi connectivity index (χ0) is 8.48. The second-order valence-electron chi connectivity index (χ2n) is 3.91. The Morgan fingerprint density at radius 2 is 2.00 bits per heavy atom. The van der Waals surface area contributed by atoms with Crippen LogP contribution in [-0.4, -0.2) is 23.9 Å². The van der Waals surface area contributed by atoms with E-state index in [0.29, 0.717) is 5.92 Å². The van der Waals surface area contributed by atoms with Crippen LogP contribution in [0.4, 0.5) is 0 Å². The molecular weight excluding hydrogens is 140 g/mol. The SMILES string of the molecule is COC(C)(C)[C@@H]1CCC[C@H]1O. The fourth-order valence-electron chi connectivity index (χ4n) is 1.90. The van der Waals surface area contributed by atoms with Gasteiger partial charge in [0.2, 0.25) is 0 Å². The molecule has 66 valence electrons. The molecule has 0 unspecified atom stereocenters. The van der Waals surface area contributed by atoms with Gasteiger partial charge in [-0.3, -0.25) is 0 Å². The van der Waals surface area contributed by atoms with Gasteiger partial charge < -0.3 is 9.84 Å². The van der Waals surface area contributed by atoms with Crippen molar-refractivity contribution in [3.8, 4) is 0 Å². The lowest BCUT2D eigenvalue weighted by molar-refractivity contribution is -0.0627. The van der Waals surface area contributed by atoms with Crippen molar-refractivity contribution in [3.05, 3.63) is 0 Å². The second kappa shape index (κ2) is 3.11. The Hall–Kier alpha value is -0.0800. The summed E-state index contributed by atoms with van der Waals surface area (Å²) in [5, 5.41) is 9.58. The maximum Gasteiger partial charge on any atom is 0.0675 e. The highest BCUT2D eigenvalue weighted by Gasteiger charge is 2.37. The molecule has 0 amide bonds. The summed E-state index contributed by atoms with van der Waals surface area (Å²) in [5.41, 5.74) is -0.157. The minimum Gasteiger partial charge on any atom is -0.393 e. The van der Waals surface area contributed by atoms with Crippen LogP contribution in [0.15, 0.2) is 0 Å². The molecule has 0 aromatic rings. The molecule has 0 bridgehead atoms. The van der Waals surface area contributed by atoms with Gasteiger partial charge >= 0.3 is 0 Å². The summed E-state index contributed by atoms with van der Waals surface area (Å²) in [6.07, 6.45) is 3.03. The molecule has 1 saturated carbocycles. The first-order valence-electron chi connectivity index (χ1n) is 4.31. The summed E-state index contributed by atoms with van der Waals surface area (Å²) in [4.78, 5) is 0. The molecule has 1 fully saturated rings. The topological polar surface area (TPSA) is 29.5 Å². The molecule has 2 atom stereocenters. The van der Waals surface area contributed by atoms with E-state index >= 15 is 0 Å². The average Bonchev–Trinajstić information content (AvgIpc) is 2.36. The molecule has 2 nitrogen and oxygen atoms in total. The van der Waals surface area contributed by atoms with E-state index < -0.39 is 0 Å². The number of hydrogen-bond acceptors (Lipinski definition) is 2. The molecule has 1 rings (SSSR count). The lowest BCUT2D eigenvalue weighted by Gasteiger charge is -2.32. The molecule has 0 heterocycles. The highest BCUT2D eigenvalue weighted by molar-refractivity contribution is 4.88. The molecular formula is C9H18O2. The molecule has 1 aliphatic rings. The summed E-state index contributed by atoms with van der Waals surface area (Å²) < 4.78 is 5.33. The van der Waals surface area contributed by atoms with Crippen LogP contribution in [0.3, 0.4) is 0 Å². The molecule has 2 heteroatoms. The van der Waals surface area contributed by atoms with Crippen LogP contribution in [0, 0.1) is 5.92 Å². The standard InChI is InChI=1S/C9H18O2/c1-9(2,11-3)7-5-4-6-8(7)10/h7-8,10H,4-6H2,1-3H3/t7-,8-/m1/s1. The van der Waals surface area contributed by atoms with Crippen LogP contribution in [-0.2, 0) is 4.74 Å².